The Bertz CT molecular complexity index is 493. The molecule has 0 aliphatic heterocycles. The maximum atomic E-state index is 12.7. The number of rotatable bonds is 3. The van der Waals surface area contributed by atoms with Gasteiger partial charge in [0.15, 0.2) is 5.82 Å². The highest BCUT2D eigenvalue weighted by Gasteiger charge is 2.05. The minimum atomic E-state index is -0.321. The van der Waals surface area contributed by atoms with Crippen molar-refractivity contribution in [2.45, 2.75) is 6.42 Å². The van der Waals surface area contributed by atoms with E-state index in [1.807, 2.05) is 0 Å². The molecule has 0 spiro atoms. The topological polar surface area (TPSA) is 54.9 Å². The molecule has 6 heteroatoms. The normalized spacial score (nSPS) is 10.1. The van der Waals surface area contributed by atoms with Gasteiger partial charge in [-0.1, -0.05) is 12.1 Å². The van der Waals surface area contributed by atoms with Crippen LogP contribution in [0.4, 0.5) is 10.2 Å². The molecular weight excluding hydrogens is 301 g/mol. The minimum Gasteiger partial charge on any atom is -0.309 e. The number of aromatic nitrogens is 2. The van der Waals surface area contributed by atoms with E-state index >= 15 is 0 Å². The summed E-state index contributed by atoms with van der Waals surface area (Å²) in [6.07, 6.45) is 3.11. The number of nitrogens with zero attached hydrogens (tertiary/aromatic N) is 2. The Kier molecular flexibility index (Phi) is 3.99. The molecule has 0 atom stereocenters. The fourth-order valence-corrected chi connectivity index (χ4v) is 1.56. The summed E-state index contributed by atoms with van der Waals surface area (Å²) in [4.78, 5) is 19.6. The lowest BCUT2D eigenvalue weighted by molar-refractivity contribution is -0.115. The van der Waals surface area contributed by atoms with Crippen LogP contribution < -0.4 is 5.32 Å². The summed E-state index contributed by atoms with van der Waals surface area (Å²) in [6.45, 7) is 0. The van der Waals surface area contributed by atoms with E-state index in [2.05, 4.69) is 31.2 Å². The van der Waals surface area contributed by atoms with Gasteiger partial charge in [0.1, 0.15) is 10.4 Å². The Hall–Kier alpha value is -1.82. The maximum absolute atomic E-state index is 12.7. The van der Waals surface area contributed by atoms with Crippen molar-refractivity contribution < 1.29 is 9.18 Å². The fraction of sp³-hybridized carbons (Fsp3) is 0.0833. The molecule has 4 nitrogen and oxygen atoms in total. The van der Waals surface area contributed by atoms with Crippen LogP contribution >= 0.6 is 15.9 Å². The molecule has 0 unspecified atom stereocenters. The summed E-state index contributed by atoms with van der Waals surface area (Å²) in [5, 5.41) is 2.61. The molecule has 1 amide bonds. The third-order valence-electron chi connectivity index (χ3n) is 2.17. The van der Waals surface area contributed by atoms with Crippen molar-refractivity contribution in [1.82, 2.24) is 9.97 Å². The van der Waals surface area contributed by atoms with Gasteiger partial charge in [0.25, 0.3) is 0 Å². The SMILES string of the molecule is O=C(Cc1ccc(F)cc1)Nc1cnc(Br)cn1. The maximum Gasteiger partial charge on any atom is 0.229 e. The standard InChI is InChI=1S/C12H9BrFN3O/c13-10-6-16-11(7-15-10)17-12(18)5-8-1-3-9(14)4-2-8/h1-4,6-7H,5H2,(H,16,17,18). The Morgan fingerprint density at radius 3 is 2.56 bits per heavy atom. The molecule has 0 aliphatic carbocycles. The number of halogens is 2. The van der Waals surface area contributed by atoms with E-state index in [1.54, 1.807) is 12.1 Å². The van der Waals surface area contributed by atoms with Crippen LogP contribution in [0.25, 0.3) is 0 Å². The molecule has 92 valence electrons. The molecule has 18 heavy (non-hydrogen) atoms. The van der Waals surface area contributed by atoms with Gasteiger partial charge in [-0.25, -0.2) is 14.4 Å². The minimum absolute atomic E-state index is 0.165. The zero-order valence-corrected chi connectivity index (χ0v) is 10.8. The van der Waals surface area contributed by atoms with Gasteiger partial charge in [-0.15, -0.1) is 0 Å². The number of carbonyl (C=O) groups excluding carboxylic acids is 1. The van der Waals surface area contributed by atoms with E-state index in [0.717, 1.165) is 5.56 Å². The summed E-state index contributed by atoms with van der Waals surface area (Å²) in [6, 6.07) is 5.79. The molecule has 1 aromatic heterocycles. The van der Waals surface area contributed by atoms with E-state index in [-0.39, 0.29) is 18.1 Å². The van der Waals surface area contributed by atoms with Crippen molar-refractivity contribution >= 4 is 27.7 Å². The highest BCUT2D eigenvalue weighted by atomic mass is 79.9. The van der Waals surface area contributed by atoms with Crippen LogP contribution in [0.1, 0.15) is 5.56 Å². The Balaban J connectivity index is 1.96. The average molecular weight is 310 g/mol. The van der Waals surface area contributed by atoms with E-state index in [4.69, 9.17) is 0 Å². The Labute approximate surface area is 111 Å². The van der Waals surface area contributed by atoms with Gasteiger partial charge in [-0.2, -0.15) is 0 Å². The molecule has 1 aromatic carbocycles. The molecule has 1 N–H and O–H groups in total. The molecular formula is C12H9BrFN3O. The smallest absolute Gasteiger partial charge is 0.229 e. The number of carbonyl (C=O) groups is 1. The van der Waals surface area contributed by atoms with E-state index < -0.39 is 0 Å². The highest BCUT2D eigenvalue weighted by Crippen LogP contribution is 2.08. The zero-order valence-electron chi connectivity index (χ0n) is 9.23. The first-order valence-corrected chi connectivity index (χ1v) is 5.94. The van der Waals surface area contributed by atoms with Crippen LogP contribution in [0, 0.1) is 5.82 Å². The molecule has 0 saturated carbocycles. The molecule has 0 radical (unpaired) electrons. The number of hydrogen-bond donors (Lipinski definition) is 1. The third-order valence-corrected chi connectivity index (χ3v) is 2.58. The van der Waals surface area contributed by atoms with Gasteiger partial charge in [0.05, 0.1) is 18.8 Å². The van der Waals surface area contributed by atoms with E-state index in [0.29, 0.717) is 10.4 Å². The molecule has 0 aliphatic rings. The molecule has 0 saturated heterocycles. The van der Waals surface area contributed by atoms with Crippen molar-refractivity contribution in [2.75, 3.05) is 5.32 Å². The lowest BCUT2D eigenvalue weighted by atomic mass is 10.1. The third kappa shape index (κ3) is 3.59. The predicted octanol–water partition coefficient (Wildman–Crippen LogP) is 2.56. The summed E-state index contributed by atoms with van der Waals surface area (Å²) in [5.41, 5.74) is 0.735. The highest BCUT2D eigenvalue weighted by molar-refractivity contribution is 9.10. The van der Waals surface area contributed by atoms with Gasteiger partial charge >= 0.3 is 0 Å². The fourth-order valence-electron chi connectivity index (χ4n) is 1.35. The van der Waals surface area contributed by atoms with Crippen LogP contribution in [-0.4, -0.2) is 15.9 Å². The second kappa shape index (κ2) is 5.68. The van der Waals surface area contributed by atoms with Crippen LogP contribution in [0.5, 0.6) is 0 Å². The van der Waals surface area contributed by atoms with E-state index in [9.17, 15) is 9.18 Å². The first-order valence-electron chi connectivity index (χ1n) is 5.15. The number of benzene rings is 1. The number of anilines is 1. The van der Waals surface area contributed by atoms with Crippen molar-refractivity contribution in [2.24, 2.45) is 0 Å². The largest absolute Gasteiger partial charge is 0.309 e. The molecule has 1 heterocycles. The average Bonchev–Trinajstić information content (AvgIpc) is 2.35. The van der Waals surface area contributed by atoms with Crippen LogP contribution in [-0.2, 0) is 11.2 Å². The van der Waals surface area contributed by atoms with Crippen LogP contribution in [0.15, 0.2) is 41.3 Å². The second-order valence-corrected chi connectivity index (χ2v) is 4.39. The van der Waals surface area contributed by atoms with Crippen molar-refractivity contribution in [3.63, 3.8) is 0 Å². The van der Waals surface area contributed by atoms with Crippen molar-refractivity contribution in [1.29, 1.82) is 0 Å². The van der Waals surface area contributed by atoms with Crippen LogP contribution in [0.2, 0.25) is 0 Å². The molecule has 2 aromatic rings. The van der Waals surface area contributed by atoms with Gasteiger partial charge in [-0.05, 0) is 33.6 Å². The summed E-state index contributed by atoms with van der Waals surface area (Å²) >= 11 is 3.15. The molecule has 0 fully saturated rings. The van der Waals surface area contributed by atoms with Gasteiger partial charge in [-0.3, -0.25) is 4.79 Å². The Morgan fingerprint density at radius 1 is 1.22 bits per heavy atom. The van der Waals surface area contributed by atoms with Gasteiger partial charge in [0.2, 0.25) is 5.91 Å². The summed E-state index contributed by atoms with van der Waals surface area (Å²) in [7, 11) is 0. The summed E-state index contributed by atoms with van der Waals surface area (Å²) in [5.74, 6) is -0.165. The lowest BCUT2D eigenvalue weighted by Gasteiger charge is -2.04. The van der Waals surface area contributed by atoms with E-state index in [1.165, 1.54) is 24.5 Å². The van der Waals surface area contributed by atoms with Crippen molar-refractivity contribution in [3.05, 3.63) is 52.6 Å². The lowest BCUT2D eigenvalue weighted by Crippen LogP contribution is -2.15. The first kappa shape index (κ1) is 12.6. The monoisotopic (exact) mass is 309 g/mol. The first-order chi connectivity index (χ1) is 8.63. The van der Waals surface area contributed by atoms with Gasteiger partial charge in [0, 0.05) is 0 Å². The van der Waals surface area contributed by atoms with Gasteiger partial charge < -0.3 is 5.32 Å². The zero-order chi connectivity index (χ0) is 13.0. The Morgan fingerprint density at radius 2 is 1.94 bits per heavy atom. The summed E-state index contributed by atoms with van der Waals surface area (Å²) < 4.78 is 13.3. The number of amides is 1. The molecule has 2 rings (SSSR count). The van der Waals surface area contributed by atoms with Crippen molar-refractivity contribution in [3.8, 4) is 0 Å². The van der Waals surface area contributed by atoms with Crippen LogP contribution in [0.3, 0.4) is 0 Å². The number of hydrogen-bond acceptors (Lipinski definition) is 3. The number of nitrogens with one attached hydrogen (secondary N) is 1. The predicted molar refractivity (Wildman–Crippen MR) is 68.5 cm³/mol. The molecule has 0 bridgehead atoms. The second-order valence-electron chi connectivity index (χ2n) is 3.58. The quantitative estimate of drug-likeness (QED) is 0.948.